The number of carbonyl (C=O) groups is 1. The molecule has 7 nitrogen and oxygen atoms in total. The minimum atomic E-state index is -3.86. The lowest BCUT2D eigenvalue weighted by Gasteiger charge is -2.21. The average molecular weight is 521 g/mol. The molecule has 0 bridgehead atoms. The van der Waals surface area contributed by atoms with Gasteiger partial charge in [0.1, 0.15) is 0 Å². The SMILES string of the molecule is Cc1cccc(-n2cc(-c3ccccc3)nc2NC(=O)CN(C2CC2)S(=O)(=O)c2ccc(Cl)cc2)c1. The van der Waals surface area contributed by atoms with Crippen LogP contribution in [0.15, 0.2) is 90.0 Å². The molecule has 0 saturated heterocycles. The predicted octanol–water partition coefficient (Wildman–Crippen LogP) is 5.29. The molecule has 1 amide bonds. The minimum Gasteiger partial charge on any atom is -0.294 e. The van der Waals surface area contributed by atoms with Crippen LogP contribution in [0.1, 0.15) is 18.4 Å². The van der Waals surface area contributed by atoms with Crippen LogP contribution in [0.4, 0.5) is 5.95 Å². The van der Waals surface area contributed by atoms with E-state index in [0.29, 0.717) is 16.7 Å². The molecule has 0 atom stereocenters. The van der Waals surface area contributed by atoms with Crippen molar-refractivity contribution in [2.75, 3.05) is 11.9 Å². The Morgan fingerprint density at radius 2 is 1.78 bits per heavy atom. The highest BCUT2D eigenvalue weighted by atomic mass is 35.5. The highest BCUT2D eigenvalue weighted by Gasteiger charge is 2.39. The molecule has 9 heteroatoms. The summed E-state index contributed by atoms with van der Waals surface area (Å²) in [6.07, 6.45) is 3.30. The van der Waals surface area contributed by atoms with Gasteiger partial charge in [0.05, 0.1) is 17.1 Å². The molecular weight excluding hydrogens is 496 g/mol. The topological polar surface area (TPSA) is 84.3 Å². The fourth-order valence-electron chi connectivity index (χ4n) is 4.01. The van der Waals surface area contributed by atoms with Gasteiger partial charge in [-0.25, -0.2) is 13.4 Å². The lowest BCUT2D eigenvalue weighted by atomic mass is 10.2. The number of sulfonamides is 1. The van der Waals surface area contributed by atoms with E-state index in [1.165, 1.54) is 28.6 Å². The number of anilines is 1. The molecule has 36 heavy (non-hydrogen) atoms. The van der Waals surface area contributed by atoms with Gasteiger partial charge in [0, 0.05) is 28.5 Å². The first-order valence-corrected chi connectivity index (χ1v) is 13.4. The Labute approximate surface area is 215 Å². The largest absolute Gasteiger partial charge is 0.294 e. The van der Waals surface area contributed by atoms with E-state index >= 15 is 0 Å². The van der Waals surface area contributed by atoms with Gasteiger partial charge in [-0.15, -0.1) is 0 Å². The van der Waals surface area contributed by atoms with Gasteiger partial charge >= 0.3 is 0 Å². The van der Waals surface area contributed by atoms with Crippen molar-refractivity contribution >= 4 is 33.5 Å². The van der Waals surface area contributed by atoms with Gasteiger partial charge in [-0.1, -0.05) is 54.1 Å². The Balaban J connectivity index is 1.44. The van der Waals surface area contributed by atoms with E-state index in [1.54, 1.807) is 0 Å². The van der Waals surface area contributed by atoms with E-state index in [4.69, 9.17) is 11.6 Å². The van der Waals surface area contributed by atoms with Crippen molar-refractivity contribution in [2.45, 2.75) is 30.7 Å². The van der Waals surface area contributed by atoms with E-state index in [1.807, 2.05) is 72.3 Å². The van der Waals surface area contributed by atoms with Gasteiger partial charge in [0.15, 0.2) is 0 Å². The molecule has 0 unspecified atom stereocenters. The number of hydrogen-bond acceptors (Lipinski definition) is 4. The Hall–Kier alpha value is -3.46. The number of amides is 1. The van der Waals surface area contributed by atoms with Crippen molar-refractivity contribution in [3.05, 3.63) is 95.6 Å². The normalized spacial score (nSPS) is 13.6. The zero-order valence-corrected chi connectivity index (χ0v) is 21.2. The Morgan fingerprint density at radius 3 is 2.44 bits per heavy atom. The number of imidazole rings is 1. The third-order valence-corrected chi connectivity index (χ3v) is 8.14. The van der Waals surface area contributed by atoms with Crippen LogP contribution in [0.3, 0.4) is 0 Å². The van der Waals surface area contributed by atoms with Crippen LogP contribution in [0.5, 0.6) is 0 Å². The van der Waals surface area contributed by atoms with Crippen LogP contribution in [0.25, 0.3) is 16.9 Å². The maximum absolute atomic E-state index is 13.3. The van der Waals surface area contributed by atoms with Gasteiger partial charge < -0.3 is 0 Å². The maximum Gasteiger partial charge on any atom is 0.243 e. The number of rotatable bonds is 8. The van der Waals surface area contributed by atoms with Crippen molar-refractivity contribution in [3.63, 3.8) is 0 Å². The van der Waals surface area contributed by atoms with E-state index < -0.39 is 15.9 Å². The van der Waals surface area contributed by atoms with E-state index in [2.05, 4.69) is 10.3 Å². The summed E-state index contributed by atoms with van der Waals surface area (Å²) in [5.41, 5.74) is 3.51. The van der Waals surface area contributed by atoms with Gasteiger partial charge in [-0.05, 0) is 61.7 Å². The van der Waals surface area contributed by atoms with Gasteiger partial charge in [0.2, 0.25) is 21.9 Å². The van der Waals surface area contributed by atoms with Gasteiger partial charge in [-0.3, -0.25) is 14.7 Å². The Bertz CT molecular complexity index is 1500. The van der Waals surface area contributed by atoms with Crippen molar-refractivity contribution in [1.82, 2.24) is 13.9 Å². The maximum atomic E-state index is 13.3. The molecule has 184 valence electrons. The molecule has 1 saturated carbocycles. The van der Waals surface area contributed by atoms with Crippen LogP contribution >= 0.6 is 11.6 Å². The van der Waals surface area contributed by atoms with Crippen molar-refractivity contribution < 1.29 is 13.2 Å². The summed E-state index contributed by atoms with van der Waals surface area (Å²) in [5.74, 6) is -0.136. The molecule has 3 aromatic carbocycles. The lowest BCUT2D eigenvalue weighted by Crippen LogP contribution is -2.39. The summed E-state index contributed by atoms with van der Waals surface area (Å²) in [5, 5.41) is 3.30. The fraction of sp³-hybridized carbons (Fsp3) is 0.185. The fourth-order valence-corrected chi connectivity index (χ4v) is 5.78. The van der Waals surface area contributed by atoms with Crippen LogP contribution in [0.2, 0.25) is 5.02 Å². The summed E-state index contributed by atoms with van der Waals surface area (Å²) >= 11 is 5.93. The molecule has 4 aromatic rings. The summed E-state index contributed by atoms with van der Waals surface area (Å²) in [4.78, 5) is 18.0. The van der Waals surface area contributed by atoms with E-state index in [9.17, 15) is 13.2 Å². The standard InChI is InChI=1S/C27H25ClN4O3S/c1-19-6-5-9-23(16-19)31-17-25(20-7-3-2-4-8-20)29-27(31)30-26(33)18-32(22-12-13-22)36(34,35)24-14-10-21(28)11-15-24/h2-11,14-17,22H,12-13,18H2,1H3,(H,29,30,33). The Morgan fingerprint density at radius 1 is 1.06 bits per heavy atom. The summed E-state index contributed by atoms with van der Waals surface area (Å²) in [6, 6.07) is 23.3. The molecule has 1 aliphatic carbocycles. The van der Waals surface area contributed by atoms with Crippen molar-refractivity contribution in [3.8, 4) is 16.9 Å². The monoisotopic (exact) mass is 520 g/mol. The molecular formula is C27H25ClN4O3S. The molecule has 1 aliphatic rings. The highest BCUT2D eigenvalue weighted by Crippen LogP contribution is 2.32. The van der Waals surface area contributed by atoms with E-state index in [-0.39, 0.29) is 17.5 Å². The van der Waals surface area contributed by atoms with Crippen LogP contribution < -0.4 is 5.32 Å². The average Bonchev–Trinajstić information content (AvgIpc) is 3.62. The number of nitrogens with zero attached hydrogens (tertiary/aromatic N) is 3. The van der Waals surface area contributed by atoms with E-state index in [0.717, 1.165) is 29.7 Å². The number of hydrogen-bond donors (Lipinski definition) is 1. The summed E-state index contributed by atoms with van der Waals surface area (Å²) < 4.78 is 29.7. The second-order valence-electron chi connectivity index (χ2n) is 8.81. The second kappa shape index (κ2) is 9.89. The number of nitrogens with one attached hydrogen (secondary N) is 1. The third kappa shape index (κ3) is 5.21. The van der Waals surface area contributed by atoms with Crippen LogP contribution in [-0.4, -0.2) is 40.8 Å². The number of halogens is 1. The predicted molar refractivity (Wildman–Crippen MR) is 141 cm³/mol. The molecule has 0 spiro atoms. The first-order chi connectivity index (χ1) is 17.3. The first-order valence-electron chi connectivity index (χ1n) is 11.6. The molecule has 1 fully saturated rings. The lowest BCUT2D eigenvalue weighted by molar-refractivity contribution is -0.116. The molecule has 1 heterocycles. The Kier molecular flexibility index (Phi) is 6.66. The second-order valence-corrected chi connectivity index (χ2v) is 11.1. The molecule has 5 rings (SSSR count). The zero-order chi connectivity index (χ0) is 25.3. The number of benzene rings is 3. The number of aryl methyl sites for hydroxylation is 1. The van der Waals surface area contributed by atoms with Crippen molar-refractivity contribution in [1.29, 1.82) is 0 Å². The molecule has 1 N–H and O–H groups in total. The van der Waals surface area contributed by atoms with Crippen LogP contribution in [0, 0.1) is 6.92 Å². The highest BCUT2D eigenvalue weighted by molar-refractivity contribution is 7.89. The first kappa shape index (κ1) is 24.2. The third-order valence-electron chi connectivity index (χ3n) is 5.98. The van der Waals surface area contributed by atoms with Gasteiger partial charge in [-0.2, -0.15) is 4.31 Å². The smallest absolute Gasteiger partial charge is 0.243 e. The van der Waals surface area contributed by atoms with Gasteiger partial charge in [0.25, 0.3) is 0 Å². The number of aromatic nitrogens is 2. The van der Waals surface area contributed by atoms with Crippen molar-refractivity contribution in [2.24, 2.45) is 0 Å². The number of carbonyl (C=O) groups excluding carboxylic acids is 1. The molecule has 0 radical (unpaired) electrons. The van der Waals surface area contributed by atoms with Crippen LogP contribution in [-0.2, 0) is 14.8 Å². The summed E-state index contributed by atoms with van der Waals surface area (Å²) in [7, 11) is -3.86. The minimum absolute atomic E-state index is 0.110. The molecule has 0 aliphatic heterocycles. The zero-order valence-electron chi connectivity index (χ0n) is 19.6. The quantitative estimate of drug-likeness (QED) is 0.342. The summed E-state index contributed by atoms with van der Waals surface area (Å²) in [6.45, 7) is 1.68. The molecule has 1 aromatic heterocycles.